The average molecular weight is 246 g/mol. The Morgan fingerprint density at radius 1 is 1.54 bits per heavy atom. The van der Waals surface area contributed by atoms with Gasteiger partial charge in [0.1, 0.15) is 5.82 Å². The van der Waals surface area contributed by atoms with E-state index in [2.05, 4.69) is 25.9 Å². The average Bonchev–Trinajstić information content (AvgIpc) is 2.03. The lowest BCUT2D eigenvalue weighted by Gasteiger charge is -2.11. The van der Waals surface area contributed by atoms with Gasteiger partial charge >= 0.3 is 5.97 Å². The molecule has 6 heteroatoms. The lowest BCUT2D eigenvalue weighted by atomic mass is 10.4. The largest absolute Gasteiger partial charge is 0.477 e. The van der Waals surface area contributed by atoms with Crippen LogP contribution in [0.4, 0.5) is 5.82 Å². The SMILES string of the molecule is CN(C)c1cc(C(=O)O)nc(Br)n1. The van der Waals surface area contributed by atoms with Crippen LogP contribution in [0, 0.1) is 0 Å². The van der Waals surface area contributed by atoms with Gasteiger partial charge in [0, 0.05) is 20.2 Å². The molecule has 1 heterocycles. The lowest BCUT2D eigenvalue weighted by Crippen LogP contribution is -2.13. The maximum absolute atomic E-state index is 10.6. The fourth-order valence-corrected chi connectivity index (χ4v) is 1.12. The Balaban J connectivity index is 3.19. The maximum Gasteiger partial charge on any atom is 0.354 e. The topological polar surface area (TPSA) is 66.3 Å². The van der Waals surface area contributed by atoms with Gasteiger partial charge in [-0.15, -0.1) is 0 Å². The minimum absolute atomic E-state index is 0.0226. The highest BCUT2D eigenvalue weighted by molar-refractivity contribution is 9.10. The molecular weight excluding hydrogens is 238 g/mol. The van der Waals surface area contributed by atoms with E-state index >= 15 is 0 Å². The van der Waals surface area contributed by atoms with Crippen molar-refractivity contribution in [2.75, 3.05) is 19.0 Å². The van der Waals surface area contributed by atoms with Crippen LogP contribution in [-0.2, 0) is 0 Å². The van der Waals surface area contributed by atoms with Gasteiger partial charge in [-0.25, -0.2) is 14.8 Å². The van der Waals surface area contributed by atoms with E-state index in [1.54, 1.807) is 19.0 Å². The number of carboxylic acids is 1. The Morgan fingerprint density at radius 2 is 2.15 bits per heavy atom. The molecule has 0 unspecified atom stereocenters. The maximum atomic E-state index is 10.6. The number of rotatable bonds is 2. The molecule has 5 nitrogen and oxygen atoms in total. The van der Waals surface area contributed by atoms with Gasteiger partial charge in [-0.3, -0.25) is 0 Å². The molecule has 0 aromatic carbocycles. The Kier molecular flexibility index (Phi) is 2.82. The third-order valence-corrected chi connectivity index (χ3v) is 1.72. The highest BCUT2D eigenvalue weighted by Crippen LogP contribution is 2.13. The summed E-state index contributed by atoms with van der Waals surface area (Å²) in [6, 6.07) is 1.41. The monoisotopic (exact) mass is 245 g/mol. The van der Waals surface area contributed by atoms with E-state index in [1.165, 1.54) is 6.07 Å². The van der Waals surface area contributed by atoms with E-state index < -0.39 is 5.97 Å². The van der Waals surface area contributed by atoms with E-state index in [9.17, 15) is 4.79 Å². The first kappa shape index (κ1) is 9.91. The third kappa shape index (κ3) is 2.38. The number of aromatic nitrogens is 2. The first-order valence-corrected chi connectivity index (χ1v) is 4.25. The van der Waals surface area contributed by atoms with Crippen LogP contribution < -0.4 is 4.90 Å². The van der Waals surface area contributed by atoms with Gasteiger partial charge in [-0.1, -0.05) is 0 Å². The quantitative estimate of drug-likeness (QED) is 0.788. The van der Waals surface area contributed by atoms with Crippen molar-refractivity contribution in [1.82, 2.24) is 9.97 Å². The first-order chi connectivity index (χ1) is 6.00. The summed E-state index contributed by atoms with van der Waals surface area (Å²) in [5, 5.41) is 8.69. The van der Waals surface area contributed by atoms with Crippen molar-refractivity contribution in [3.8, 4) is 0 Å². The fourth-order valence-electron chi connectivity index (χ4n) is 0.744. The number of halogens is 1. The van der Waals surface area contributed by atoms with Crippen LogP contribution in [0.15, 0.2) is 10.8 Å². The molecule has 70 valence electrons. The molecule has 13 heavy (non-hydrogen) atoms. The molecular formula is C7H8BrN3O2. The molecule has 0 spiro atoms. The molecule has 0 bridgehead atoms. The van der Waals surface area contributed by atoms with Crippen molar-refractivity contribution < 1.29 is 9.90 Å². The molecule has 0 atom stereocenters. The van der Waals surface area contributed by atoms with Crippen molar-refractivity contribution in [2.24, 2.45) is 0 Å². The van der Waals surface area contributed by atoms with E-state index in [-0.39, 0.29) is 10.4 Å². The fraction of sp³-hybridized carbons (Fsp3) is 0.286. The molecule has 0 fully saturated rings. The number of hydrogen-bond acceptors (Lipinski definition) is 4. The van der Waals surface area contributed by atoms with Crippen LogP contribution in [0.3, 0.4) is 0 Å². The van der Waals surface area contributed by atoms with Gasteiger partial charge in [0.15, 0.2) is 10.4 Å². The van der Waals surface area contributed by atoms with Crippen molar-refractivity contribution in [1.29, 1.82) is 0 Å². The van der Waals surface area contributed by atoms with Gasteiger partial charge in [0.2, 0.25) is 0 Å². The second kappa shape index (κ2) is 3.69. The summed E-state index contributed by atoms with van der Waals surface area (Å²) in [6.07, 6.45) is 0. The molecule has 1 rings (SSSR count). The van der Waals surface area contributed by atoms with Gasteiger partial charge < -0.3 is 10.0 Å². The summed E-state index contributed by atoms with van der Waals surface area (Å²) < 4.78 is 0.274. The van der Waals surface area contributed by atoms with Crippen LogP contribution in [0.5, 0.6) is 0 Å². The van der Waals surface area contributed by atoms with E-state index in [0.717, 1.165) is 0 Å². The smallest absolute Gasteiger partial charge is 0.354 e. The van der Waals surface area contributed by atoms with Gasteiger partial charge in [0.25, 0.3) is 0 Å². The van der Waals surface area contributed by atoms with Crippen molar-refractivity contribution >= 4 is 27.7 Å². The molecule has 1 aromatic rings. The molecule has 1 aromatic heterocycles. The van der Waals surface area contributed by atoms with Crippen molar-refractivity contribution in [2.45, 2.75) is 0 Å². The third-order valence-electron chi connectivity index (χ3n) is 1.36. The zero-order valence-corrected chi connectivity index (χ0v) is 8.74. The molecule has 0 radical (unpaired) electrons. The predicted octanol–water partition coefficient (Wildman–Crippen LogP) is 1.00. The molecule has 0 amide bonds. The van der Waals surface area contributed by atoms with Gasteiger partial charge in [-0.05, 0) is 15.9 Å². The standard InChI is InChI=1S/C7H8BrN3O2/c1-11(2)5-3-4(6(12)13)9-7(8)10-5/h3H,1-2H3,(H,12,13). The lowest BCUT2D eigenvalue weighted by molar-refractivity contribution is 0.0690. The zero-order chi connectivity index (χ0) is 10.0. The first-order valence-electron chi connectivity index (χ1n) is 3.46. The molecule has 0 aliphatic rings. The Hall–Kier alpha value is -1.17. The van der Waals surface area contributed by atoms with Crippen LogP contribution in [0.25, 0.3) is 0 Å². The zero-order valence-electron chi connectivity index (χ0n) is 7.15. The summed E-state index contributed by atoms with van der Waals surface area (Å²) in [4.78, 5) is 20.0. The second-order valence-corrected chi connectivity index (χ2v) is 3.29. The summed E-state index contributed by atoms with van der Waals surface area (Å²) >= 11 is 3.04. The van der Waals surface area contributed by atoms with E-state index in [1.807, 2.05) is 0 Å². The Bertz CT molecular complexity index is 341. The number of anilines is 1. The highest BCUT2D eigenvalue weighted by atomic mass is 79.9. The van der Waals surface area contributed by atoms with Gasteiger partial charge in [0.05, 0.1) is 0 Å². The Morgan fingerprint density at radius 3 is 2.62 bits per heavy atom. The predicted molar refractivity (Wildman–Crippen MR) is 51.0 cm³/mol. The summed E-state index contributed by atoms with van der Waals surface area (Å²) in [7, 11) is 3.56. The normalized spacial score (nSPS) is 9.77. The van der Waals surface area contributed by atoms with Gasteiger partial charge in [-0.2, -0.15) is 0 Å². The summed E-state index contributed by atoms with van der Waals surface area (Å²) in [5.74, 6) is -0.509. The number of hydrogen-bond donors (Lipinski definition) is 1. The van der Waals surface area contributed by atoms with Crippen molar-refractivity contribution in [3.05, 3.63) is 16.5 Å². The highest BCUT2D eigenvalue weighted by Gasteiger charge is 2.09. The number of aromatic carboxylic acids is 1. The van der Waals surface area contributed by atoms with Crippen LogP contribution >= 0.6 is 15.9 Å². The van der Waals surface area contributed by atoms with Crippen molar-refractivity contribution in [3.63, 3.8) is 0 Å². The minimum atomic E-state index is -1.06. The molecule has 0 saturated heterocycles. The van der Waals surface area contributed by atoms with Crippen LogP contribution in [-0.4, -0.2) is 35.1 Å². The van der Waals surface area contributed by atoms with Crippen LogP contribution in [0.2, 0.25) is 0 Å². The summed E-state index contributed by atoms with van der Waals surface area (Å²) in [6.45, 7) is 0. The number of nitrogens with zero attached hydrogens (tertiary/aromatic N) is 3. The molecule has 0 aliphatic carbocycles. The minimum Gasteiger partial charge on any atom is -0.477 e. The Labute approximate surface area is 83.5 Å². The molecule has 0 aliphatic heterocycles. The number of carbonyl (C=O) groups is 1. The van der Waals surface area contributed by atoms with E-state index in [4.69, 9.17) is 5.11 Å². The number of carboxylic acid groups (broad SMARTS) is 1. The summed E-state index contributed by atoms with van der Waals surface area (Å²) in [5.41, 5.74) is -0.0226. The second-order valence-electron chi connectivity index (χ2n) is 2.58. The molecule has 1 N–H and O–H groups in total. The van der Waals surface area contributed by atoms with E-state index in [0.29, 0.717) is 5.82 Å². The molecule has 0 saturated carbocycles. The van der Waals surface area contributed by atoms with Crippen LogP contribution in [0.1, 0.15) is 10.5 Å².